The minimum absolute atomic E-state index is 0.0489. The van der Waals surface area contributed by atoms with Crippen LogP contribution in [0.15, 0.2) is 18.2 Å². The molecule has 0 aliphatic carbocycles. The lowest BCUT2D eigenvalue weighted by molar-refractivity contribution is -0.121. The maximum Gasteiger partial charge on any atom is 0.229 e. The highest BCUT2D eigenvalue weighted by molar-refractivity contribution is 5.94. The van der Waals surface area contributed by atoms with E-state index in [0.29, 0.717) is 12.1 Å². The zero-order valence-electron chi connectivity index (χ0n) is 11.7. The van der Waals surface area contributed by atoms with Gasteiger partial charge in [0, 0.05) is 18.2 Å². The third-order valence-corrected chi connectivity index (χ3v) is 2.95. The van der Waals surface area contributed by atoms with Crippen molar-refractivity contribution in [2.75, 3.05) is 11.4 Å². The minimum Gasteiger partial charge on any atom is -0.312 e. The Morgan fingerprint density at radius 1 is 1.39 bits per heavy atom. The van der Waals surface area contributed by atoms with E-state index in [9.17, 15) is 9.18 Å². The van der Waals surface area contributed by atoms with Crippen LogP contribution in [0.3, 0.4) is 0 Å². The number of hydrogen-bond acceptors (Lipinski definition) is 1. The summed E-state index contributed by atoms with van der Waals surface area (Å²) >= 11 is 0. The molecule has 0 bridgehead atoms. The fraction of sp³-hybridized carbons (Fsp3) is 0.533. The molecule has 1 aromatic rings. The summed E-state index contributed by atoms with van der Waals surface area (Å²) in [6.07, 6.45) is 1.98. The van der Waals surface area contributed by atoms with Gasteiger partial charge in [0.25, 0.3) is 0 Å². The van der Waals surface area contributed by atoms with Crippen LogP contribution >= 0.6 is 0 Å². The van der Waals surface area contributed by atoms with Gasteiger partial charge >= 0.3 is 0 Å². The molecule has 0 aliphatic heterocycles. The van der Waals surface area contributed by atoms with Gasteiger partial charge in [-0.3, -0.25) is 4.79 Å². The van der Waals surface area contributed by atoms with Gasteiger partial charge in [0.2, 0.25) is 5.91 Å². The van der Waals surface area contributed by atoms with E-state index in [-0.39, 0.29) is 17.6 Å². The Bertz CT molecular complexity index is 415. The van der Waals surface area contributed by atoms with Crippen LogP contribution in [-0.2, 0) is 4.79 Å². The second kappa shape index (κ2) is 6.53. The smallest absolute Gasteiger partial charge is 0.229 e. The monoisotopic (exact) mass is 251 g/mol. The van der Waals surface area contributed by atoms with Crippen LogP contribution in [0.1, 0.15) is 39.2 Å². The zero-order valence-corrected chi connectivity index (χ0v) is 11.7. The van der Waals surface area contributed by atoms with E-state index < -0.39 is 0 Å². The average Bonchev–Trinajstić information content (AvgIpc) is 2.33. The molecule has 0 N–H and O–H groups in total. The van der Waals surface area contributed by atoms with E-state index >= 15 is 0 Å². The van der Waals surface area contributed by atoms with E-state index in [1.165, 1.54) is 6.07 Å². The summed E-state index contributed by atoms with van der Waals surface area (Å²) in [5.41, 5.74) is 1.37. The molecular weight excluding hydrogens is 229 g/mol. The number of rotatable bonds is 5. The molecule has 100 valence electrons. The average molecular weight is 251 g/mol. The Morgan fingerprint density at radius 2 is 2.06 bits per heavy atom. The van der Waals surface area contributed by atoms with E-state index in [2.05, 4.69) is 6.92 Å². The molecule has 0 aliphatic rings. The number of benzene rings is 1. The summed E-state index contributed by atoms with van der Waals surface area (Å²) in [6, 6.07) is 4.85. The van der Waals surface area contributed by atoms with Crippen LogP contribution in [0, 0.1) is 18.7 Å². The number of nitrogens with zero attached hydrogens (tertiary/aromatic N) is 1. The van der Waals surface area contributed by atoms with Gasteiger partial charge in [-0.05, 0) is 37.1 Å². The number of unbranched alkanes of at least 4 members (excludes halogenated alkanes) is 1. The first-order valence-corrected chi connectivity index (χ1v) is 6.55. The van der Waals surface area contributed by atoms with Crippen molar-refractivity contribution in [3.63, 3.8) is 0 Å². The Kier molecular flexibility index (Phi) is 5.32. The summed E-state index contributed by atoms with van der Waals surface area (Å²) in [4.78, 5) is 13.9. The lowest BCUT2D eigenvalue weighted by Crippen LogP contribution is -2.35. The molecule has 0 radical (unpaired) electrons. The topological polar surface area (TPSA) is 20.3 Å². The minimum atomic E-state index is -0.230. The molecule has 1 rings (SSSR count). The van der Waals surface area contributed by atoms with Gasteiger partial charge in [-0.25, -0.2) is 4.39 Å². The molecule has 0 aromatic heterocycles. The highest BCUT2D eigenvalue weighted by atomic mass is 19.1. The van der Waals surface area contributed by atoms with Gasteiger partial charge in [-0.1, -0.05) is 27.2 Å². The Labute approximate surface area is 109 Å². The molecular formula is C15H22FNO. The molecule has 0 saturated carbocycles. The van der Waals surface area contributed by atoms with Crippen LogP contribution in [0.2, 0.25) is 0 Å². The van der Waals surface area contributed by atoms with Crippen LogP contribution in [0.5, 0.6) is 0 Å². The van der Waals surface area contributed by atoms with Crippen molar-refractivity contribution in [3.05, 3.63) is 29.6 Å². The molecule has 0 fully saturated rings. The van der Waals surface area contributed by atoms with Crippen LogP contribution in [0.4, 0.5) is 10.1 Å². The molecule has 1 aromatic carbocycles. The summed E-state index contributed by atoms with van der Waals surface area (Å²) in [6.45, 7) is 8.28. The van der Waals surface area contributed by atoms with Gasteiger partial charge in [0.1, 0.15) is 5.82 Å². The van der Waals surface area contributed by atoms with Gasteiger partial charge in [-0.2, -0.15) is 0 Å². The predicted molar refractivity (Wildman–Crippen MR) is 73.2 cm³/mol. The first-order valence-electron chi connectivity index (χ1n) is 6.55. The quantitative estimate of drug-likeness (QED) is 0.776. The van der Waals surface area contributed by atoms with Crippen molar-refractivity contribution >= 4 is 11.6 Å². The number of carbonyl (C=O) groups is 1. The first kappa shape index (κ1) is 14.7. The van der Waals surface area contributed by atoms with E-state index in [0.717, 1.165) is 18.5 Å². The number of aryl methyl sites for hydroxylation is 1. The van der Waals surface area contributed by atoms with Gasteiger partial charge in [-0.15, -0.1) is 0 Å². The Hall–Kier alpha value is -1.38. The molecule has 3 heteroatoms. The SMILES string of the molecule is CCCCN(C(=O)C(C)C)c1ccc(F)c(C)c1. The van der Waals surface area contributed by atoms with E-state index in [4.69, 9.17) is 0 Å². The maximum atomic E-state index is 13.3. The molecule has 0 atom stereocenters. The summed E-state index contributed by atoms with van der Waals surface area (Å²) in [7, 11) is 0. The van der Waals surface area contributed by atoms with Crippen molar-refractivity contribution in [2.45, 2.75) is 40.5 Å². The molecule has 0 saturated heterocycles. The Balaban J connectivity index is 3.01. The van der Waals surface area contributed by atoms with E-state index in [1.807, 2.05) is 13.8 Å². The second-order valence-corrected chi connectivity index (χ2v) is 4.93. The zero-order chi connectivity index (χ0) is 13.7. The lowest BCUT2D eigenvalue weighted by Gasteiger charge is -2.25. The fourth-order valence-corrected chi connectivity index (χ4v) is 1.79. The Morgan fingerprint density at radius 3 is 2.56 bits per heavy atom. The normalized spacial score (nSPS) is 10.8. The molecule has 0 heterocycles. The highest BCUT2D eigenvalue weighted by Gasteiger charge is 2.18. The van der Waals surface area contributed by atoms with Gasteiger partial charge in [0.15, 0.2) is 0 Å². The highest BCUT2D eigenvalue weighted by Crippen LogP contribution is 2.21. The molecule has 2 nitrogen and oxygen atoms in total. The van der Waals surface area contributed by atoms with Crippen molar-refractivity contribution in [1.29, 1.82) is 0 Å². The predicted octanol–water partition coefficient (Wildman–Crippen LogP) is 3.92. The van der Waals surface area contributed by atoms with Crippen LogP contribution < -0.4 is 4.90 Å². The standard InChI is InChI=1S/C15H22FNO/c1-5-6-9-17(15(18)11(2)3)13-7-8-14(16)12(4)10-13/h7-8,10-11H,5-6,9H2,1-4H3. The number of anilines is 1. The molecule has 0 spiro atoms. The van der Waals surface area contributed by atoms with Crippen molar-refractivity contribution in [2.24, 2.45) is 5.92 Å². The van der Waals surface area contributed by atoms with Crippen LogP contribution in [-0.4, -0.2) is 12.5 Å². The van der Waals surface area contributed by atoms with Crippen LogP contribution in [0.25, 0.3) is 0 Å². The van der Waals surface area contributed by atoms with E-state index in [1.54, 1.807) is 24.0 Å². The second-order valence-electron chi connectivity index (χ2n) is 4.93. The lowest BCUT2D eigenvalue weighted by atomic mass is 10.1. The summed E-state index contributed by atoms with van der Waals surface area (Å²) in [5.74, 6) is -0.187. The van der Waals surface area contributed by atoms with Crippen molar-refractivity contribution in [1.82, 2.24) is 0 Å². The number of halogens is 1. The fourth-order valence-electron chi connectivity index (χ4n) is 1.79. The molecule has 0 unspecified atom stereocenters. The van der Waals surface area contributed by atoms with Crippen molar-refractivity contribution < 1.29 is 9.18 Å². The summed E-state index contributed by atoms with van der Waals surface area (Å²) < 4.78 is 13.3. The maximum absolute atomic E-state index is 13.3. The largest absolute Gasteiger partial charge is 0.312 e. The van der Waals surface area contributed by atoms with Gasteiger partial charge in [0.05, 0.1) is 0 Å². The number of hydrogen-bond donors (Lipinski definition) is 0. The summed E-state index contributed by atoms with van der Waals surface area (Å²) in [5, 5.41) is 0. The van der Waals surface area contributed by atoms with Gasteiger partial charge < -0.3 is 4.90 Å². The third kappa shape index (κ3) is 3.56. The van der Waals surface area contributed by atoms with Crippen molar-refractivity contribution in [3.8, 4) is 0 Å². The number of carbonyl (C=O) groups excluding carboxylic acids is 1. The third-order valence-electron chi connectivity index (χ3n) is 2.95. The molecule has 18 heavy (non-hydrogen) atoms. The number of amides is 1. The first-order chi connectivity index (χ1) is 8.47. The molecule has 1 amide bonds.